The average Bonchev–Trinajstić information content (AvgIpc) is 4.00. The summed E-state index contributed by atoms with van der Waals surface area (Å²) in [6, 6.07) is 13.4. The molecule has 5 atom stereocenters. The first kappa shape index (κ1) is 36.6. The van der Waals surface area contributed by atoms with Crippen molar-refractivity contribution < 1.29 is 41.8 Å². The quantitative estimate of drug-likeness (QED) is 0.191. The fourth-order valence-electron chi connectivity index (χ4n) is 6.04. The van der Waals surface area contributed by atoms with Gasteiger partial charge >= 0.3 is 6.09 Å². The number of nitrogens with one attached hydrogen (secondary N) is 3. The largest absolute Gasteiger partial charge is 0.497 e. The molecular weight excluding hydrogens is 793 g/mol. The van der Waals surface area contributed by atoms with Crippen LogP contribution in [0.4, 0.5) is 4.79 Å². The van der Waals surface area contributed by atoms with Crippen LogP contribution >= 0.6 is 22.6 Å². The number of amides is 4. The zero-order valence-electron chi connectivity index (χ0n) is 28.6. The number of sulfonamides is 1. The molecule has 1 aromatic heterocycles. The summed E-state index contributed by atoms with van der Waals surface area (Å²) in [6.07, 6.45) is 1.20. The van der Waals surface area contributed by atoms with Crippen LogP contribution < -0.4 is 24.8 Å². The van der Waals surface area contributed by atoms with E-state index in [4.69, 9.17) is 14.2 Å². The maximum atomic E-state index is 14.5. The number of nitrogens with zero attached hydrogens (tertiary/aromatic N) is 2. The monoisotopic (exact) mass is 833 g/mol. The zero-order chi connectivity index (χ0) is 36.7. The normalized spacial score (nSPS) is 23.5. The molecule has 3 N–H and O–H groups in total. The zero-order valence-corrected chi connectivity index (χ0v) is 31.5. The number of rotatable bonds is 11. The Hall–Kier alpha value is -4.19. The molecule has 3 fully saturated rings. The van der Waals surface area contributed by atoms with Crippen molar-refractivity contribution in [1.29, 1.82) is 0 Å². The van der Waals surface area contributed by atoms with E-state index in [9.17, 15) is 27.6 Å². The Morgan fingerprint density at radius 2 is 1.76 bits per heavy atom. The number of ether oxygens (including phenoxy) is 3. The molecule has 2 aliphatic carbocycles. The average molecular weight is 834 g/mol. The van der Waals surface area contributed by atoms with Crippen LogP contribution in [-0.4, -0.2) is 88.2 Å². The summed E-state index contributed by atoms with van der Waals surface area (Å²) >= 11 is 2.00. The van der Waals surface area contributed by atoms with Crippen LogP contribution in [0.1, 0.15) is 58.1 Å². The second-order valence-corrected chi connectivity index (χ2v) is 17.4. The van der Waals surface area contributed by atoms with Crippen LogP contribution in [0.3, 0.4) is 0 Å². The number of methoxy groups -OCH3 is 1. The van der Waals surface area contributed by atoms with E-state index in [1.54, 1.807) is 76.5 Å². The number of aromatic nitrogens is 1. The summed E-state index contributed by atoms with van der Waals surface area (Å²) in [5.74, 6) is -1.14. The van der Waals surface area contributed by atoms with E-state index in [1.165, 1.54) is 4.90 Å². The minimum Gasteiger partial charge on any atom is -0.497 e. The number of hydrogen-bond donors (Lipinski definition) is 3. The van der Waals surface area contributed by atoms with Gasteiger partial charge in [0.2, 0.25) is 21.8 Å². The van der Waals surface area contributed by atoms with E-state index in [1.807, 2.05) is 34.7 Å². The topological polar surface area (TPSA) is 182 Å². The second-order valence-electron chi connectivity index (χ2n) is 14.0. The number of alkyl carbamates (subject to hydrolysis) is 1. The molecule has 1 aliphatic heterocycles. The molecule has 0 bridgehead atoms. The van der Waals surface area contributed by atoms with Gasteiger partial charge in [-0.1, -0.05) is 52.9 Å². The number of fused-ring (bicyclic) bond motifs is 1. The SMILES string of the molecule is COc1ccc2c(O[C@@H]3C[C@@H](C(=O)N[C@]4(C(=O)NS(=O)(=O)C5CC5)C[C@H]4I)N(C(=O)[C@@H](NC(=O)OC(C)(C)C)c4ccccc4)C3)nccc2c1. The fourth-order valence-corrected chi connectivity index (χ4v) is 8.53. The molecule has 2 saturated carbocycles. The number of alkyl halides is 1. The van der Waals surface area contributed by atoms with Gasteiger partial charge in [-0.2, -0.15) is 0 Å². The van der Waals surface area contributed by atoms with Crippen molar-refractivity contribution in [3.8, 4) is 11.6 Å². The number of halogens is 1. The van der Waals surface area contributed by atoms with Crippen molar-refractivity contribution in [2.75, 3.05) is 13.7 Å². The van der Waals surface area contributed by atoms with E-state index >= 15 is 0 Å². The first-order valence-corrected chi connectivity index (χ1v) is 19.4. The van der Waals surface area contributed by atoms with Crippen LogP contribution in [0.25, 0.3) is 10.8 Å². The summed E-state index contributed by atoms with van der Waals surface area (Å²) in [7, 11) is -2.30. The van der Waals surface area contributed by atoms with Gasteiger partial charge < -0.3 is 29.7 Å². The Labute approximate surface area is 309 Å². The lowest BCUT2D eigenvalue weighted by atomic mass is 10.0. The number of carbonyl (C=O) groups excluding carboxylic acids is 4. The Kier molecular flexibility index (Phi) is 10.1. The van der Waals surface area contributed by atoms with Crippen LogP contribution in [-0.2, 0) is 29.1 Å². The van der Waals surface area contributed by atoms with E-state index in [0.29, 0.717) is 29.5 Å². The highest BCUT2D eigenvalue weighted by Gasteiger charge is 2.62. The fraction of sp³-hybridized carbons (Fsp3) is 0.457. The first-order chi connectivity index (χ1) is 24.1. The third-order valence-electron chi connectivity index (χ3n) is 8.93. The van der Waals surface area contributed by atoms with E-state index < -0.39 is 68.4 Å². The van der Waals surface area contributed by atoms with E-state index in [2.05, 4.69) is 20.3 Å². The number of pyridine rings is 1. The van der Waals surface area contributed by atoms with Crippen molar-refractivity contribution >= 4 is 67.2 Å². The smallest absolute Gasteiger partial charge is 0.408 e. The highest BCUT2D eigenvalue weighted by Crippen LogP contribution is 2.44. The van der Waals surface area contributed by atoms with Crippen molar-refractivity contribution in [2.24, 2.45) is 0 Å². The molecule has 3 aliphatic rings. The second kappa shape index (κ2) is 14.1. The van der Waals surface area contributed by atoms with Gasteiger partial charge in [0.15, 0.2) is 0 Å². The molecule has 0 unspecified atom stereocenters. The highest BCUT2D eigenvalue weighted by molar-refractivity contribution is 14.1. The summed E-state index contributed by atoms with van der Waals surface area (Å²) in [5.41, 5.74) is -1.87. The summed E-state index contributed by atoms with van der Waals surface area (Å²) in [5, 5.41) is 6.33. The molecular formula is C35H40IN5O9S. The van der Waals surface area contributed by atoms with Gasteiger partial charge in [0.1, 0.15) is 35.1 Å². The van der Waals surface area contributed by atoms with Gasteiger partial charge in [-0.3, -0.25) is 19.1 Å². The Bertz CT molecular complexity index is 1950. The number of benzene rings is 2. The van der Waals surface area contributed by atoms with Crippen LogP contribution in [0.5, 0.6) is 11.6 Å². The molecule has 4 amide bonds. The Balaban J connectivity index is 1.30. The lowest BCUT2D eigenvalue weighted by Gasteiger charge is -2.30. The van der Waals surface area contributed by atoms with Crippen LogP contribution in [0, 0.1) is 0 Å². The molecule has 1 saturated heterocycles. The van der Waals surface area contributed by atoms with Crippen LogP contribution in [0.15, 0.2) is 60.8 Å². The van der Waals surface area contributed by atoms with Gasteiger partial charge in [-0.15, -0.1) is 0 Å². The van der Waals surface area contributed by atoms with Gasteiger partial charge in [-0.05, 0) is 75.2 Å². The molecule has 2 aromatic carbocycles. The molecule has 14 nitrogen and oxygen atoms in total. The number of likely N-dealkylation sites (tertiary alicyclic amines) is 1. The van der Waals surface area contributed by atoms with Gasteiger partial charge in [-0.25, -0.2) is 18.2 Å². The molecule has 6 rings (SSSR count). The van der Waals surface area contributed by atoms with Gasteiger partial charge in [0.25, 0.3) is 11.8 Å². The molecule has 272 valence electrons. The third-order valence-corrected chi connectivity index (χ3v) is 12.3. The maximum absolute atomic E-state index is 14.5. The number of carbonyl (C=O) groups is 4. The van der Waals surface area contributed by atoms with E-state index in [-0.39, 0.29) is 29.2 Å². The molecule has 51 heavy (non-hydrogen) atoms. The molecule has 0 radical (unpaired) electrons. The van der Waals surface area contributed by atoms with Crippen LogP contribution in [0.2, 0.25) is 0 Å². The van der Waals surface area contributed by atoms with Crippen molar-refractivity contribution in [1.82, 2.24) is 25.2 Å². The van der Waals surface area contributed by atoms with Crippen molar-refractivity contribution in [3.63, 3.8) is 0 Å². The highest BCUT2D eigenvalue weighted by atomic mass is 127. The third kappa shape index (κ3) is 8.16. The van der Waals surface area contributed by atoms with Gasteiger partial charge in [0, 0.05) is 21.9 Å². The van der Waals surface area contributed by atoms with E-state index in [0.717, 1.165) is 5.39 Å². The predicted molar refractivity (Wildman–Crippen MR) is 195 cm³/mol. The number of hydrogen-bond acceptors (Lipinski definition) is 10. The molecule has 2 heterocycles. The minimum atomic E-state index is -3.87. The Morgan fingerprint density at radius 1 is 1.06 bits per heavy atom. The molecule has 3 aromatic rings. The standard InChI is InChI=1S/C35H40IN5O9S/c1-34(2,3)50-33(45)38-28(20-8-6-5-7-9-20)31(43)41-19-23(49-30-25-13-10-22(48-4)16-21(25)14-15-37-30)17-26(41)29(42)39-35(18-27(35)36)32(44)40-51(46,47)24-11-12-24/h5-10,13-16,23-24,26-28H,11-12,17-19H2,1-4H3,(H,38,45)(H,39,42)(H,40,44)/t23-,26+,27-,28+,35-/m1/s1. The van der Waals surface area contributed by atoms with Crippen molar-refractivity contribution in [3.05, 3.63) is 66.4 Å². The summed E-state index contributed by atoms with van der Waals surface area (Å²) in [4.78, 5) is 60.8. The van der Waals surface area contributed by atoms with Crippen molar-refractivity contribution in [2.45, 2.75) is 85.0 Å². The summed E-state index contributed by atoms with van der Waals surface area (Å²) in [6.45, 7) is 5.04. The molecule has 0 spiro atoms. The maximum Gasteiger partial charge on any atom is 0.408 e. The summed E-state index contributed by atoms with van der Waals surface area (Å²) < 4.78 is 44.2. The van der Waals surface area contributed by atoms with Gasteiger partial charge in [0.05, 0.1) is 18.9 Å². The minimum absolute atomic E-state index is 0.0176. The lowest BCUT2D eigenvalue weighted by molar-refractivity contribution is -0.141. The Morgan fingerprint density at radius 3 is 2.39 bits per heavy atom. The molecule has 16 heteroatoms. The first-order valence-electron chi connectivity index (χ1n) is 16.6. The predicted octanol–water partition coefficient (Wildman–Crippen LogP) is 3.53. The lowest BCUT2D eigenvalue weighted by Crippen LogP contribution is -2.57.